The van der Waals surface area contributed by atoms with Gasteiger partial charge in [-0.15, -0.1) is 0 Å². The van der Waals surface area contributed by atoms with Crippen LogP contribution in [0.2, 0.25) is 0 Å². The number of nitrogen functional groups attached to an aromatic ring is 1. The Bertz CT molecular complexity index is 899. The van der Waals surface area contributed by atoms with Gasteiger partial charge in [0.1, 0.15) is 30.6 Å². The maximum absolute atomic E-state index is 11.1. The van der Waals surface area contributed by atoms with E-state index in [2.05, 4.69) is 16.2 Å². The second kappa shape index (κ2) is 6.77. The molecule has 144 valence electrons. The van der Waals surface area contributed by atoms with Gasteiger partial charge in [0, 0.05) is 13.3 Å². The van der Waals surface area contributed by atoms with Crippen LogP contribution in [0.5, 0.6) is 0 Å². The number of fused-ring (bicyclic) bond motifs is 1. The summed E-state index contributed by atoms with van der Waals surface area (Å²) < 4.78 is 18.2. The summed E-state index contributed by atoms with van der Waals surface area (Å²) in [4.78, 5) is 15.1. The average Bonchev–Trinajstić information content (AvgIpc) is 3.14. The number of carbonyl (C=O) groups is 1. The highest BCUT2D eigenvalue weighted by atomic mass is 16.7. The van der Waals surface area contributed by atoms with Crippen LogP contribution in [0.3, 0.4) is 0 Å². The zero-order valence-corrected chi connectivity index (χ0v) is 15.2. The van der Waals surface area contributed by atoms with Gasteiger partial charge in [-0.1, -0.05) is 0 Å². The lowest BCUT2D eigenvalue weighted by molar-refractivity contribution is -0.226. The summed E-state index contributed by atoms with van der Waals surface area (Å²) in [6, 6.07) is 5.49. The van der Waals surface area contributed by atoms with Gasteiger partial charge >= 0.3 is 5.97 Å². The number of nitrogens with zero attached hydrogens (tertiary/aromatic N) is 4. The Balaban J connectivity index is 2.06. The minimum absolute atomic E-state index is 0.0368. The molecule has 0 spiro atoms. The van der Waals surface area contributed by atoms with Gasteiger partial charge in [-0.05, 0) is 26.0 Å². The van der Waals surface area contributed by atoms with E-state index in [-0.39, 0.29) is 18.8 Å². The molecule has 0 amide bonds. The molecular formula is C17H21N5O5. The van der Waals surface area contributed by atoms with Crippen LogP contribution in [0, 0.1) is 11.3 Å². The van der Waals surface area contributed by atoms with Gasteiger partial charge in [0.25, 0.3) is 0 Å². The maximum atomic E-state index is 11.1. The molecule has 1 fully saturated rings. The summed E-state index contributed by atoms with van der Waals surface area (Å²) in [6.07, 6.45) is 0.0788. The van der Waals surface area contributed by atoms with Crippen molar-refractivity contribution in [2.24, 2.45) is 0 Å². The standard InChI is InChI=1S/C17H21N5O5/c1-10(23)25-7-11-6-14(27-16(2,3)24)17(8-18,26-11)13-5-4-12-15(19)20-9-21-22(12)13/h4-5,9,11,14,24H,6-7H2,1-3H3,(H2,19,20,21)/t11-,14+,17?/m0/s1. The van der Waals surface area contributed by atoms with E-state index in [9.17, 15) is 15.2 Å². The first-order valence-corrected chi connectivity index (χ1v) is 8.37. The second-order valence-electron chi connectivity index (χ2n) is 6.84. The number of esters is 1. The van der Waals surface area contributed by atoms with Gasteiger partial charge in [0.15, 0.2) is 11.6 Å². The molecule has 3 N–H and O–H groups in total. The van der Waals surface area contributed by atoms with Crippen molar-refractivity contribution in [1.82, 2.24) is 14.6 Å². The molecule has 3 rings (SSSR count). The highest BCUT2D eigenvalue weighted by Crippen LogP contribution is 2.43. The predicted molar refractivity (Wildman–Crippen MR) is 92.0 cm³/mol. The van der Waals surface area contributed by atoms with E-state index in [1.165, 1.54) is 31.6 Å². The van der Waals surface area contributed by atoms with E-state index in [0.29, 0.717) is 11.2 Å². The summed E-state index contributed by atoms with van der Waals surface area (Å²) in [6.45, 7) is 4.18. The lowest BCUT2D eigenvalue weighted by Gasteiger charge is -2.31. The number of nitrogens with two attached hydrogens (primary N) is 1. The van der Waals surface area contributed by atoms with E-state index in [0.717, 1.165) is 0 Å². The fourth-order valence-electron chi connectivity index (χ4n) is 3.20. The van der Waals surface area contributed by atoms with Crippen molar-refractivity contribution in [3.8, 4) is 6.07 Å². The van der Waals surface area contributed by atoms with Crippen molar-refractivity contribution in [3.05, 3.63) is 24.2 Å². The number of hydrogen-bond acceptors (Lipinski definition) is 9. The minimum Gasteiger partial charge on any atom is -0.463 e. The fraction of sp³-hybridized carbons (Fsp3) is 0.529. The minimum atomic E-state index is -1.59. The predicted octanol–water partition coefficient (Wildman–Crippen LogP) is 0.496. The first-order chi connectivity index (χ1) is 12.7. The van der Waals surface area contributed by atoms with E-state index >= 15 is 0 Å². The molecular weight excluding hydrogens is 354 g/mol. The third-order valence-corrected chi connectivity index (χ3v) is 4.21. The fourth-order valence-corrected chi connectivity index (χ4v) is 3.20. The number of anilines is 1. The molecule has 0 bridgehead atoms. The molecule has 2 aromatic rings. The van der Waals surface area contributed by atoms with Crippen LogP contribution in [-0.2, 0) is 24.6 Å². The number of hydrogen-bond donors (Lipinski definition) is 2. The molecule has 27 heavy (non-hydrogen) atoms. The van der Waals surface area contributed by atoms with E-state index < -0.39 is 29.6 Å². The number of aliphatic hydroxyl groups is 1. The highest BCUT2D eigenvalue weighted by molar-refractivity contribution is 5.66. The van der Waals surface area contributed by atoms with Crippen LogP contribution in [-0.4, -0.2) is 50.3 Å². The number of ether oxygens (including phenoxy) is 3. The van der Waals surface area contributed by atoms with Crippen molar-refractivity contribution < 1.29 is 24.1 Å². The average molecular weight is 375 g/mol. The van der Waals surface area contributed by atoms with Crippen molar-refractivity contribution in [2.75, 3.05) is 12.3 Å². The molecule has 10 heteroatoms. The van der Waals surface area contributed by atoms with E-state index in [4.69, 9.17) is 19.9 Å². The third-order valence-electron chi connectivity index (χ3n) is 4.21. The Labute approximate surface area is 155 Å². The molecule has 0 aromatic carbocycles. The molecule has 1 aliphatic heterocycles. The summed E-state index contributed by atoms with van der Waals surface area (Å²) >= 11 is 0. The first-order valence-electron chi connectivity index (χ1n) is 8.37. The smallest absolute Gasteiger partial charge is 0.302 e. The molecule has 3 heterocycles. The largest absolute Gasteiger partial charge is 0.463 e. The molecule has 0 radical (unpaired) electrons. The Hall–Kier alpha value is -2.74. The zero-order chi connectivity index (χ0) is 19.8. The zero-order valence-electron chi connectivity index (χ0n) is 15.2. The Morgan fingerprint density at radius 3 is 2.96 bits per heavy atom. The Morgan fingerprint density at radius 1 is 1.59 bits per heavy atom. The van der Waals surface area contributed by atoms with Gasteiger partial charge in [-0.2, -0.15) is 10.4 Å². The lowest BCUT2D eigenvalue weighted by atomic mass is 9.93. The quantitative estimate of drug-likeness (QED) is 0.563. The van der Waals surface area contributed by atoms with Crippen LogP contribution in [0.1, 0.15) is 32.9 Å². The van der Waals surface area contributed by atoms with Crippen LogP contribution in [0.4, 0.5) is 5.82 Å². The van der Waals surface area contributed by atoms with Crippen LogP contribution in [0.15, 0.2) is 18.5 Å². The van der Waals surface area contributed by atoms with Gasteiger partial charge in [-0.25, -0.2) is 9.50 Å². The lowest BCUT2D eigenvalue weighted by Crippen LogP contribution is -2.43. The van der Waals surface area contributed by atoms with Crippen LogP contribution < -0.4 is 5.73 Å². The topological polar surface area (TPSA) is 145 Å². The van der Waals surface area contributed by atoms with Gasteiger partial charge in [0.05, 0.1) is 11.8 Å². The van der Waals surface area contributed by atoms with Crippen molar-refractivity contribution >= 4 is 17.3 Å². The number of carbonyl (C=O) groups excluding carboxylic acids is 1. The van der Waals surface area contributed by atoms with Crippen LogP contribution >= 0.6 is 0 Å². The third kappa shape index (κ3) is 3.57. The number of rotatable bonds is 5. The Morgan fingerprint density at radius 2 is 2.33 bits per heavy atom. The maximum Gasteiger partial charge on any atom is 0.302 e. The molecule has 3 atom stereocenters. The van der Waals surface area contributed by atoms with Crippen molar-refractivity contribution in [3.63, 3.8) is 0 Å². The molecule has 0 aliphatic carbocycles. The molecule has 1 saturated heterocycles. The SMILES string of the molecule is CC(=O)OC[C@@H]1C[C@@H](OC(C)(C)O)C(C#N)(c2ccc3c(N)ncnn23)O1. The molecule has 0 saturated carbocycles. The number of nitriles is 1. The van der Waals surface area contributed by atoms with Gasteiger partial charge in [0.2, 0.25) is 5.60 Å². The monoisotopic (exact) mass is 375 g/mol. The van der Waals surface area contributed by atoms with E-state index in [1.54, 1.807) is 12.1 Å². The van der Waals surface area contributed by atoms with Crippen molar-refractivity contribution in [2.45, 2.75) is 50.8 Å². The van der Waals surface area contributed by atoms with E-state index in [1.807, 2.05) is 0 Å². The van der Waals surface area contributed by atoms with Crippen LogP contribution in [0.25, 0.3) is 5.52 Å². The highest BCUT2D eigenvalue weighted by Gasteiger charge is 2.55. The summed E-state index contributed by atoms with van der Waals surface area (Å²) in [5, 5.41) is 24.3. The van der Waals surface area contributed by atoms with Gasteiger partial charge < -0.3 is 25.1 Å². The first kappa shape index (κ1) is 19.0. The molecule has 1 unspecified atom stereocenters. The van der Waals surface area contributed by atoms with Crippen molar-refractivity contribution in [1.29, 1.82) is 5.26 Å². The molecule has 10 nitrogen and oxygen atoms in total. The second-order valence-corrected chi connectivity index (χ2v) is 6.84. The molecule has 2 aromatic heterocycles. The summed E-state index contributed by atoms with van der Waals surface area (Å²) in [7, 11) is 0. The molecule has 1 aliphatic rings. The van der Waals surface area contributed by atoms with Gasteiger partial charge in [-0.3, -0.25) is 4.79 Å². The summed E-state index contributed by atoms with van der Waals surface area (Å²) in [5.41, 5.74) is 5.18. The normalized spacial score (nSPS) is 25.4. The number of aromatic nitrogens is 3. The Kier molecular flexibility index (Phi) is 4.77. The summed E-state index contributed by atoms with van der Waals surface area (Å²) in [5.74, 6) is -1.71.